The van der Waals surface area contributed by atoms with Gasteiger partial charge in [0, 0.05) is 38.5 Å². The Bertz CT molecular complexity index is 442. The van der Waals surface area contributed by atoms with Crippen molar-refractivity contribution < 1.29 is 9.59 Å². The molecular weight excluding hydrogens is 314 g/mol. The average molecular weight is 350 g/mol. The highest BCUT2D eigenvalue weighted by atomic mass is 16.2. The summed E-state index contributed by atoms with van der Waals surface area (Å²) in [5.41, 5.74) is 0. The summed E-state index contributed by atoms with van der Waals surface area (Å²) >= 11 is 0. The summed E-state index contributed by atoms with van der Waals surface area (Å²) in [6, 6.07) is 0. The molecule has 0 radical (unpaired) electrons. The van der Waals surface area contributed by atoms with Gasteiger partial charge in [0.1, 0.15) is 0 Å². The monoisotopic (exact) mass is 349 g/mol. The quantitative estimate of drug-likeness (QED) is 0.718. The Hall–Kier alpha value is -1.10. The van der Waals surface area contributed by atoms with Crippen LogP contribution in [0, 0.1) is 11.8 Å². The molecule has 0 spiro atoms. The van der Waals surface area contributed by atoms with Gasteiger partial charge in [0.2, 0.25) is 11.8 Å². The van der Waals surface area contributed by atoms with Gasteiger partial charge in [0.25, 0.3) is 0 Å². The summed E-state index contributed by atoms with van der Waals surface area (Å²) < 4.78 is 0. The number of nitrogens with zero attached hydrogens (tertiary/aromatic N) is 2. The van der Waals surface area contributed by atoms with Gasteiger partial charge in [-0.3, -0.25) is 9.59 Å². The average Bonchev–Trinajstić information content (AvgIpc) is 3.46. The van der Waals surface area contributed by atoms with E-state index in [0.717, 1.165) is 38.8 Å². The second kappa shape index (κ2) is 9.56. The van der Waals surface area contributed by atoms with Crippen LogP contribution in [0.4, 0.5) is 0 Å². The Kier molecular flexibility index (Phi) is 7.14. The molecule has 1 N–H and O–H groups in total. The summed E-state index contributed by atoms with van der Waals surface area (Å²) in [5.74, 6) is 1.37. The zero-order chi connectivity index (χ0) is 17.5. The predicted molar refractivity (Wildman–Crippen MR) is 99.2 cm³/mol. The highest BCUT2D eigenvalue weighted by molar-refractivity contribution is 5.81. The third-order valence-corrected chi connectivity index (χ3v) is 5.90. The zero-order valence-corrected chi connectivity index (χ0v) is 15.7. The number of likely N-dealkylation sites (tertiary alicyclic amines) is 2. The van der Waals surface area contributed by atoms with Crippen molar-refractivity contribution in [3.63, 3.8) is 0 Å². The molecule has 0 aromatic heterocycles. The van der Waals surface area contributed by atoms with Crippen LogP contribution in [-0.4, -0.2) is 60.9 Å². The second-order valence-electron chi connectivity index (χ2n) is 8.23. The molecule has 2 amide bonds. The van der Waals surface area contributed by atoms with Crippen LogP contribution < -0.4 is 5.32 Å². The molecule has 1 aliphatic carbocycles. The summed E-state index contributed by atoms with van der Waals surface area (Å²) in [7, 11) is 0. The molecule has 25 heavy (non-hydrogen) atoms. The van der Waals surface area contributed by atoms with Crippen LogP contribution in [0.5, 0.6) is 0 Å². The van der Waals surface area contributed by atoms with Gasteiger partial charge in [-0.15, -0.1) is 0 Å². The Balaban J connectivity index is 1.33. The fraction of sp³-hybridized carbons (Fsp3) is 0.900. The molecule has 3 fully saturated rings. The van der Waals surface area contributed by atoms with Crippen molar-refractivity contribution in [3.8, 4) is 0 Å². The van der Waals surface area contributed by atoms with Gasteiger partial charge in [0.05, 0.1) is 0 Å². The molecule has 0 bridgehead atoms. The fourth-order valence-electron chi connectivity index (χ4n) is 4.22. The molecule has 5 nitrogen and oxygen atoms in total. The van der Waals surface area contributed by atoms with E-state index in [4.69, 9.17) is 0 Å². The molecule has 2 heterocycles. The summed E-state index contributed by atoms with van der Waals surface area (Å²) in [4.78, 5) is 28.8. The maximum atomic E-state index is 12.5. The van der Waals surface area contributed by atoms with Crippen molar-refractivity contribution in [2.24, 2.45) is 11.8 Å². The normalized spacial score (nSPS) is 25.4. The van der Waals surface area contributed by atoms with E-state index in [1.165, 1.54) is 51.7 Å². The van der Waals surface area contributed by atoms with Crippen LogP contribution in [0.2, 0.25) is 0 Å². The van der Waals surface area contributed by atoms with Crippen molar-refractivity contribution in [3.05, 3.63) is 0 Å². The Morgan fingerprint density at radius 1 is 0.920 bits per heavy atom. The minimum atomic E-state index is 0.183. The second-order valence-corrected chi connectivity index (χ2v) is 8.23. The van der Waals surface area contributed by atoms with Crippen LogP contribution >= 0.6 is 0 Å². The fourth-order valence-corrected chi connectivity index (χ4v) is 4.22. The maximum absolute atomic E-state index is 12.5. The number of hydrogen-bond donors (Lipinski definition) is 1. The van der Waals surface area contributed by atoms with E-state index in [1.807, 2.05) is 0 Å². The first-order valence-electron chi connectivity index (χ1n) is 10.5. The Morgan fingerprint density at radius 3 is 2.40 bits per heavy atom. The first-order chi connectivity index (χ1) is 12.2. The predicted octanol–water partition coefficient (Wildman–Crippen LogP) is 2.41. The Labute approximate surface area is 152 Å². The molecule has 0 aromatic rings. The van der Waals surface area contributed by atoms with E-state index in [2.05, 4.69) is 15.1 Å². The molecule has 0 aromatic carbocycles. The van der Waals surface area contributed by atoms with Gasteiger partial charge < -0.3 is 15.1 Å². The Morgan fingerprint density at radius 2 is 1.68 bits per heavy atom. The molecular formula is C20H35N3O2. The standard InChI is InChI=1S/C20H35N3O2/c24-19(8-5-11-21-20(25)18-9-10-18)23-14-6-7-17(16-23)15-22-12-3-1-2-4-13-22/h17-18H,1-16H2,(H,21,25). The molecule has 3 aliphatic rings. The lowest BCUT2D eigenvalue weighted by Crippen LogP contribution is -2.44. The molecule has 1 atom stereocenters. The lowest BCUT2D eigenvalue weighted by molar-refractivity contribution is -0.133. The van der Waals surface area contributed by atoms with E-state index in [9.17, 15) is 9.59 Å². The van der Waals surface area contributed by atoms with Crippen LogP contribution in [0.25, 0.3) is 0 Å². The van der Waals surface area contributed by atoms with Gasteiger partial charge in [-0.2, -0.15) is 0 Å². The molecule has 5 heteroatoms. The zero-order valence-electron chi connectivity index (χ0n) is 15.7. The van der Waals surface area contributed by atoms with Crippen molar-refractivity contribution >= 4 is 11.8 Å². The SMILES string of the molecule is O=C(NCCCC(=O)N1CCCC(CN2CCCCCC2)C1)C1CC1. The van der Waals surface area contributed by atoms with Crippen LogP contribution in [0.3, 0.4) is 0 Å². The number of hydrogen-bond acceptors (Lipinski definition) is 3. The minimum Gasteiger partial charge on any atom is -0.356 e. The van der Waals surface area contributed by atoms with Gasteiger partial charge >= 0.3 is 0 Å². The number of piperidine rings is 1. The number of amides is 2. The highest BCUT2D eigenvalue weighted by Gasteiger charge is 2.29. The first-order valence-corrected chi connectivity index (χ1v) is 10.5. The molecule has 2 aliphatic heterocycles. The lowest BCUT2D eigenvalue weighted by Gasteiger charge is -2.35. The van der Waals surface area contributed by atoms with Crippen molar-refractivity contribution in [1.29, 1.82) is 0 Å². The van der Waals surface area contributed by atoms with Crippen LogP contribution in [0.15, 0.2) is 0 Å². The van der Waals surface area contributed by atoms with E-state index in [1.54, 1.807) is 0 Å². The summed E-state index contributed by atoms with van der Waals surface area (Å²) in [6.07, 6.45) is 11.2. The largest absolute Gasteiger partial charge is 0.356 e. The maximum Gasteiger partial charge on any atom is 0.223 e. The van der Waals surface area contributed by atoms with E-state index >= 15 is 0 Å². The van der Waals surface area contributed by atoms with Crippen molar-refractivity contribution in [2.75, 3.05) is 39.3 Å². The van der Waals surface area contributed by atoms with Crippen molar-refractivity contribution in [1.82, 2.24) is 15.1 Å². The van der Waals surface area contributed by atoms with E-state index < -0.39 is 0 Å². The molecule has 2 saturated heterocycles. The number of nitrogens with one attached hydrogen (secondary N) is 1. The van der Waals surface area contributed by atoms with E-state index in [0.29, 0.717) is 18.9 Å². The number of rotatable bonds is 7. The third kappa shape index (κ3) is 6.28. The topological polar surface area (TPSA) is 52.7 Å². The van der Waals surface area contributed by atoms with Crippen molar-refractivity contribution in [2.45, 2.75) is 64.2 Å². The molecule has 142 valence electrons. The van der Waals surface area contributed by atoms with Crippen LogP contribution in [0.1, 0.15) is 64.2 Å². The smallest absolute Gasteiger partial charge is 0.223 e. The molecule has 3 rings (SSSR count). The van der Waals surface area contributed by atoms with Gasteiger partial charge in [0.15, 0.2) is 0 Å². The highest BCUT2D eigenvalue weighted by Crippen LogP contribution is 2.28. The van der Waals surface area contributed by atoms with Gasteiger partial charge in [-0.05, 0) is 64.0 Å². The third-order valence-electron chi connectivity index (χ3n) is 5.90. The summed E-state index contributed by atoms with van der Waals surface area (Å²) in [5, 5.41) is 2.96. The number of carbonyl (C=O) groups is 2. The molecule has 1 unspecified atom stereocenters. The minimum absolute atomic E-state index is 0.183. The summed E-state index contributed by atoms with van der Waals surface area (Å²) in [6.45, 7) is 6.15. The van der Waals surface area contributed by atoms with Crippen LogP contribution in [-0.2, 0) is 9.59 Å². The van der Waals surface area contributed by atoms with E-state index in [-0.39, 0.29) is 17.7 Å². The molecule has 1 saturated carbocycles. The lowest BCUT2D eigenvalue weighted by atomic mass is 9.97. The number of carbonyl (C=O) groups excluding carboxylic acids is 2. The first kappa shape index (κ1) is 18.7. The van der Waals surface area contributed by atoms with Gasteiger partial charge in [-0.25, -0.2) is 0 Å². The van der Waals surface area contributed by atoms with Gasteiger partial charge in [-0.1, -0.05) is 12.8 Å².